The topological polar surface area (TPSA) is 82.7 Å². The Morgan fingerprint density at radius 2 is 1.92 bits per heavy atom. The van der Waals surface area contributed by atoms with Crippen LogP contribution in [-0.4, -0.2) is 42.5 Å². The number of halogens is 2. The molecular formula is C16H20ClFN4O3. The van der Waals surface area contributed by atoms with Crippen molar-refractivity contribution in [1.29, 1.82) is 0 Å². The zero-order chi connectivity index (χ0) is 18.0. The molecule has 0 spiro atoms. The molecule has 2 fully saturated rings. The van der Waals surface area contributed by atoms with Crippen molar-refractivity contribution in [2.45, 2.75) is 38.1 Å². The maximum Gasteiger partial charge on any atom is 0.328 e. The number of urea groups is 2. The van der Waals surface area contributed by atoms with Crippen molar-refractivity contribution in [3.05, 3.63) is 34.6 Å². The standard InChI is InChI=1S/C16H20ClFN4O3/c1-9(13-11(17)3-2-4-12(13)18)19-14-20-15(23)22(16(24)21-14)10-5-7-25-8-6-10/h2-4,9-10,14,19H,5-8H2,1H3,(H,20,23)(H,21,24)/t9-/m0/s1. The van der Waals surface area contributed by atoms with Gasteiger partial charge in [-0.1, -0.05) is 17.7 Å². The molecule has 136 valence electrons. The van der Waals surface area contributed by atoms with Gasteiger partial charge in [-0.15, -0.1) is 0 Å². The third-order valence-electron chi connectivity index (χ3n) is 4.38. The molecule has 1 aromatic rings. The Balaban J connectivity index is 1.66. The van der Waals surface area contributed by atoms with Gasteiger partial charge in [-0.25, -0.2) is 18.9 Å². The number of rotatable bonds is 4. The van der Waals surface area contributed by atoms with Crippen LogP contribution in [0.2, 0.25) is 5.02 Å². The highest BCUT2D eigenvalue weighted by molar-refractivity contribution is 6.31. The molecule has 0 bridgehead atoms. The van der Waals surface area contributed by atoms with Crippen molar-refractivity contribution in [3.63, 3.8) is 0 Å². The summed E-state index contributed by atoms with van der Waals surface area (Å²) in [7, 11) is 0. The first-order valence-corrected chi connectivity index (χ1v) is 8.53. The normalized spacial score (nSPS) is 21.0. The number of benzene rings is 1. The van der Waals surface area contributed by atoms with Gasteiger partial charge in [0.1, 0.15) is 5.82 Å². The molecule has 1 atom stereocenters. The molecule has 4 amide bonds. The van der Waals surface area contributed by atoms with Crippen molar-refractivity contribution >= 4 is 23.7 Å². The van der Waals surface area contributed by atoms with E-state index in [0.29, 0.717) is 26.1 Å². The summed E-state index contributed by atoms with van der Waals surface area (Å²) in [4.78, 5) is 25.9. The second-order valence-electron chi connectivity index (χ2n) is 6.07. The Morgan fingerprint density at radius 1 is 1.28 bits per heavy atom. The van der Waals surface area contributed by atoms with Crippen molar-refractivity contribution in [2.24, 2.45) is 0 Å². The average Bonchev–Trinajstić information content (AvgIpc) is 2.55. The van der Waals surface area contributed by atoms with Crippen LogP contribution in [0.1, 0.15) is 31.4 Å². The third kappa shape index (κ3) is 3.86. The Bertz CT molecular complexity index is 631. The van der Waals surface area contributed by atoms with Crippen molar-refractivity contribution in [1.82, 2.24) is 20.9 Å². The monoisotopic (exact) mass is 370 g/mol. The lowest BCUT2D eigenvalue weighted by molar-refractivity contribution is 0.0492. The molecule has 2 saturated heterocycles. The van der Waals surface area contributed by atoms with Gasteiger partial charge in [-0.05, 0) is 31.9 Å². The van der Waals surface area contributed by atoms with E-state index in [1.807, 2.05) is 0 Å². The van der Waals surface area contributed by atoms with Crippen molar-refractivity contribution in [2.75, 3.05) is 13.2 Å². The molecule has 0 aliphatic carbocycles. The van der Waals surface area contributed by atoms with E-state index in [9.17, 15) is 14.0 Å². The second kappa shape index (κ2) is 7.55. The van der Waals surface area contributed by atoms with Crippen LogP contribution in [0.15, 0.2) is 18.2 Å². The molecular weight excluding hydrogens is 351 g/mol. The van der Waals surface area contributed by atoms with E-state index in [2.05, 4.69) is 16.0 Å². The highest BCUT2D eigenvalue weighted by atomic mass is 35.5. The van der Waals surface area contributed by atoms with E-state index < -0.39 is 30.2 Å². The molecule has 0 aromatic heterocycles. The minimum Gasteiger partial charge on any atom is -0.381 e. The highest BCUT2D eigenvalue weighted by Gasteiger charge is 2.37. The molecule has 9 heteroatoms. The molecule has 7 nitrogen and oxygen atoms in total. The van der Waals surface area contributed by atoms with Crippen molar-refractivity contribution < 1.29 is 18.7 Å². The van der Waals surface area contributed by atoms with Crippen LogP contribution in [0, 0.1) is 5.82 Å². The maximum absolute atomic E-state index is 14.0. The van der Waals surface area contributed by atoms with Crippen LogP contribution in [0.4, 0.5) is 14.0 Å². The Hall–Kier alpha value is -1.90. The quantitative estimate of drug-likeness (QED) is 0.759. The van der Waals surface area contributed by atoms with Crippen LogP contribution < -0.4 is 16.0 Å². The molecule has 3 rings (SSSR count). The lowest BCUT2D eigenvalue weighted by Gasteiger charge is -2.39. The number of carbonyl (C=O) groups is 2. The van der Waals surface area contributed by atoms with Gasteiger partial charge in [-0.3, -0.25) is 5.32 Å². The van der Waals surface area contributed by atoms with Gasteiger partial charge in [0.2, 0.25) is 0 Å². The van der Waals surface area contributed by atoms with Gasteiger partial charge >= 0.3 is 12.1 Å². The minimum atomic E-state index is -0.818. The number of imide groups is 1. The first kappa shape index (κ1) is 17.9. The molecule has 3 N–H and O–H groups in total. The lowest BCUT2D eigenvalue weighted by atomic mass is 10.1. The molecule has 25 heavy (non-hydrogen) atoms. The largest absolute Gasteiger partial charge is 0.381 e. The number of amides is 4. The minimum absolute atomic E-state index is 0.187. The van der Waals surface area contributed by atoms with E-state index in [0.717, 1.165) is 0 Å². The van der Waals surface area contributed by atoms with E-state index in [-0.39, 0.29) is 16.6 Å². The fourth-order valence-corrected chi connectivity index (χ4v) is 3.46. The summed E-state index contributed by atoms with van der Waals surface area (Å²) >= 11 is 6.05. The number of hydrogen-bond donors (Lipinski definition) is 3. The second-order valence-corrected chi connectivity index (χ2v) is 6.48. The lowest BCUT2D eigenvalue weighted by Crippen LogP contribution is -2.70. The molecule has 2 aliphatic heterocycles. The Morgan fingerprint density at radius 3 is 2.52 bits per heavy atom. The first-order valence-electron chi connectivity index (χ1n) is 8.15. The smallest absolute Gasteiger partial charge is 0.328 e. The predicted octanol–water partition coefficient (Wildman–Crippen LogP) is 2.33. The highest BCUT2D eigenvalue weighted by Crippen LogP contribution is 2.26. The first-order chi connectivity index (χ1) is 12.0. The fourth-order valence-electron chi connectivity index (χ4n) is 3.13. The molecule has 1 aromatic carbocycles. The summed E-state index contributed by atoms with van der Waals surface area (Å²) in [6, 6.07) is 2.74. The molecule has 0 saturated carbocycles. The molecule has 2 heterocycles. The van der Waals surface area contributed by atoms with Gasteiger partial charge in [-0.2, -0.15) is 0 Å². The van der Waals surface area contributed by atoms with Crippen LogP contribution in [-0.2, 0) is 4.74 Å². The molecule has 0 unspecified atom stereocenters. The summed E-state index contributed by atoms with van der Waals surface area (Å²) in [5, 5.41) is 8.58. The molecule has 0 radical (unpaired) electrons. The average molecular weight is 371 g/mol. The van der Waals surface area contributed by atoms with Gasteiger partial charge in [0.05, 0.1) is 0 Å². The van der Waals surface area contributed by atoms with E-state index in [1.54, 1.807) is 13.0 Å². The third-order valence-corrected chi connectivity index (χ3v) is 4.71. The number of ether oxygens (including phenoxy) is 1. The summed E-state index contributed by atoms with van der Waals surface area (Å²) in [6.07, 6.45) is 0.405. The zero-order valence-electron chi connectivity index (χ0n) is 13.7. The maximum atomic E-state index is 14.0. The van der Waals surface area contributed by atoms with Crippen LogP contribution in [0.5, 0.6) is 0 Å². The van der Waals surface area contributed by atoms with Gasteiger partial charge in [0.25, 0.3) is 0 Å². The summed E-state index contributed by atoms with van der Waals surface area (Å²) in [5.74, 6) is -0.454. The molecule has 2 aliphatic rings. The van der Waals surface area contributed by atoms with E-state index in [1.165, 1.54) is 17.0 Å². The van der Waals surface area contributed by atoms with Crippen LogP contribution >= 0.6 is 11.6 Å². The zero-order valence-corrected chi connectivity index (χ0v) is 14.5. The summed E-state index contributed by atoms with van der Waals surface area (Å²) in [6.45, 7) is 2.74. The Labute approximate surface area is 149 Å². The predicted molar refractivity (Wildman–Crippen MR) is 89.5 cm³/mol. The fraction of sp³-hybridized carbons (Fsp3) is 0.500. The number of hydrogen-bond acceptors (Lipinski definition) is 4. The SMILES string of the molecule is C[C@H](NC1NC(=O)N(C2CCOCC2)C(=O)N1)c1c(F)cccc1Cl. The van der Waals surface area contributed by atoms with Crippen molar-refractivity contribution in [3.8, 4) is 0 Å². The summed E-state index contributed by atoms with van der Waals surface area (Å²) in [5.41, 5.74) is 0.277. The number of carbonyl (C=O) groups excluding carboxylic acids is 2. The van der Waals surface area contributed by atoms with E-state index in [4.69, 9.17) is 16.3 Å². The summed E-state index contributed by atoms with van der Waals surface area (Å²) < 4.78 is 19.2. The van der Waals surface area contributed by atoms with Gasteiger partial charge in [0.15, 0.2) is 6.29 Å². The number of nitrogens with one attached hydrogen (secondary N) is 3. The Kier molecular flexibility index (Phi) is 5.41. The number of nitrogens with zero attached hydrogens (tertiary/aromatic N) is 1. The van der Waals surface area contributed by atoms with E-state index >= 15 is 0 Å². The van der Waals surface area contributed by atoms with Gasteiger partial charge in [0, 0.05) is 35.9 Å². The van der Waals surface area contributed by atoms with Crippen LogP contribution in [0.25, 0.3) is 0 Å². The van der Waals surface area contributed by atoms with Gasteiger partial charge < -0.3 is 15.4 Å². The van der Waals surface area contributed by atoms with Crippen LogP contribution in [0.3, 0.4) is 0 Å².